The summed E-state index contributed by atoms with van der Waals surface area (Å²) in [4.78, 5) is 29.9. The molecule has 1 aromatic heterocycles. The molecule has 0 spiro atoms. The monoisotopic (exact) mass is 365 g/mol. The number of methoxy groups -OCH3 is 1. The molecule has 0 bridgehead atoms. The number of aromatic nitrogens is 2. The number of anilines is 1. The second-order valence-corrected chi connectivity index (χ2v) is 6.23. The quantitative estimate of drug-likeness (QED) is 0.568. The lowest BCUT2D eigenvalue weighted by Crippen LogP contribution is -2.43. The molecule has 0 saturated carbocycles. The summed E-state index contributed by atoms with van der Waals surface area (Å²) in [6, 6.07) is 14.3. The number of fused-ring (bicyclic) bond motifs is 3. The summed E-state index contributed by atoms with van der Waals surface area (Å²) in [6.07, 6.45) is 0. The molecule has 7 nitrogen and oxygen atoms in total. The second kappa shape index (κ2) is 6.75. The predicted octanol–water partition coefficient (Wildman–Crippen LogP) is 2.77. The van der Waals surface area contributed by atoms with Gasteiger partial charge < -0.3 is 14.0 Å². The van der Waals surface area contributed by atoms with Crippen LogP contribution < -0.4 is 10.1 Å². The van der Waals surface area contributed by atoms with Gasteiger partial charge in [-0.3, -0.25) is 14.9 Å². The Hall–Kier alpha value is -3.35. The molecule has 2 aromatic carbocycles. The Labute approximate surface area is 155 Å². The average Bonchev–Trinajstić information content (AvgIpc) is 3.05. The van der Waals surface area contributed by atoms with Gasteiger partial charge in [0, 0.05) is 0 Å². The van der Waals surface area contributed by atoms with Gasteiger partial charge in [0.25, 0.3) is 0 Å². The smallest absolute Gasteiger partial charge is 0.321 e. The highest BCUT2D eigenvalue weighted by Crippen LogP contribution is 2.38. The van der Waals surface area contributed by atoms with Crippen molar-refractivity contribution in [2.45, 2.75) is 13.0 Å². The van der Waals surface area contributed by atoms with E-state index in [4.69, 9.17) is 9.47 Å². The van der Waals surface area contributed by atoms with Crippen molar-refractivity contribution in [3.63, 3.8) is 0 Å². The number of carbonyl (C=O) groups excluding carboxylic acids is 2. The summed E-state index contributed by atoms with van der Waals surface area (Å²) < 4.78 is 12.3. The standard InChI is InChI=1S/C20H19N3O4/c1-3-27-19(25)16-17(12-8-10-13(26-2)11-9-12)23-15-7-5-4-6-14(15)21-20(23)22-18(16)24/h4-11,16-17H,3H2,1-2H3,(H,21,22,24)/t16-,17-/m1/s1. The van der Waals surface area contributed by atoms with Crippen molar-refractivity contribution >= 4 is 28.9 Å². The minimum atomic E-state index is -1.01. The first-order valence-corrected chi connectivity index (χ1v) is 8.72. The van der Waals surface area contributed by atoms with E-state index in [9.17, 15) is 9.59 Å². The Balaban J connectivity index is 1.92. The van der Waals surface area contributed by atoms with Crippen molar-refractivity contribution in [1.82, 2.24) is 9.55 Å². The van der Waals surface area contributed by atoms with Crippen LogP contribution >= 0.6 is 0 Å². The molecule has 0 fully saturated rings. The van der Waals surface area contributed by atoms with Crippen molar-refractivity contribution in [1.29, 1.82) is 0 Å². The Kier molecular flexibility index (Phi) is 4.27. The van der Waals surface area contributed by atoms with Gasteiger partial charge in [-0.25, -0.2) is 4.98 Å². The van der Waals surface area contributed by atoms with Gasteiger partial charge in [0.15, 0.2) is 5.92 Å². The molecule has 27 heavy (non-hydrogen) atoms. The predicted molar refractivity (Wildman–Crippen MR) is 99.6 cm³/mol. The van der Waals surface area contributed by atoms with Crippen LogP contribution in [0, 0.1) is 5.92 Å². The fourth-order valence-corrected chi connectivity index (χ4v) is 3.51. The van der Waals surface area contributed by atoms with Crippen LogP contribution in [-0.2, 0) is 14.3 Å². The molecule has 0 unspecified atom stereocenters. The lowest BCUT2D eigenvalue weighted by molar-refractivity contribution is -0.152. The maximum absolute atomic E-state index is 12.8. The van der Waals surface area contributed by atoms with Crippen LogP contribution in [0.4, 0.5) is 5.95 Å². The molecule has 1 aliphatic heterocycles. The van der Waals surface area contributed by atoms with E-state index in [1.807, 2.05) is 53.1 Å². The molecule has 1 N–H and O–H groups in total. The number of nitrogens with one attached hydrogen (secondary N) is 1. The number of benzene rings is 2. The first-order chi connectivity index (χ1) is 13.1. The molecule has 1 aliphatic rings. The maximum Gasteiger partial charge on any atom is 0.321 e. The fourth-order valence-electron chi connectivity index (χ4n) is 3.51. The zero-order valence-electron chi connectivity index (χ0n) is 15.0. The molecule has 7 heteroatoms. The maximum atomic E-state index is 12.8. The number of nitrogens with zero attached hydrogens (tertiary/aromatic N) is 2. The minimum absolute atomic E-state index is 0.204. The van der Waals surface area contributed by atoms with Crippen LogP contribution in [0.5, 0.6) is 5.75 Å². The number of hydrogen-bond donors (Lipinski definition) is 1. The SMILES string of the molecule is CCOC(=O)[C@H]1C(=O)Nc2nc3ccccc3n2[C@@H]1c1ccc(OC)cc1. The van der Waals surface area contributed by atoms with Crippen LogP contribution in [0.2, 0.25) is 0 Å². The van der Waals surface area contributed by atoms with Crippen molar-refractivity contribution in [3.05, 3.63) is 54.1 Å². The third kappa shape index (κ3) is 2.81. The molecule has 3 aromatic rings. The van der Waals surface area contributed by atoms with E-state index in [2.05, 4.69) is 10.3 Å². The third-order valence-corrected chi connectivity index (χ3v) is 4.71. The van der Waals surface area contributed by atoms with E-state index in [1.54, 1.807) is 14.0 Å². The van der Waals surface area contributed by atoms with Gasteiger partial charge in [-0.1, -0.05) is 24.3 Å². The van der Waals surface area contributed by atoms with E-state index in [0.717, 1.165) is 16.6 Å². The molecule has 0 radical (unpaired) electrons. The summed E-state index contributed by atoms with van der Waals surface area (Å²) in [5, 5.41) is 2.75. The van der Waals surface area contributed by atoms with Crippen molar-refractivity contribution in [3.8, 4) is 5.75 Å². The van der Waals surface area contributed by atoms with Crippen molar-refractivity contribution < 1.29 is 19.1 Å². The molecule has 0 aliphatic carbocycles. The number of carbonyl (C=O) groups is 2. The number of hydrogen-bond acceptors (Lipinski definition) is 5. The topological polar surface area (TPSA) is 82.5 Å². The minimum Gasteiger partial charge on any atom is -0.497 e. The van der Waals surface area contributed by atoms with Crippen LogP contribution in [0.15, 0.2) is 48.5 Å². The largest absolute Gasteiger partial charge is 0.497 e. The Morgan fingerprint density at radius 2 is 1.93 bits per heavy atom. The van der Waals surface area contributed by atoms with Gasteiger partial charge in [0.1, 0.15) is 5.75 Å². The Morgan fingerprint density at radius 1 is 1.19 bits per heavy atom. The molecule has 138 valence electrons. The van der Waals surface area contributed by atoms with E-state index in [1.165, 1.54) is 0 Å². The van der Waals surface area contributed by atoms with Crippen molar-refractivity contribution in [2.24, 2.45) is 5.92 Å². The lowest BCUT2D eigenvalue weighted by atomic mass is 9.90. The highest BCUT2D eigenvalue weighted by atomic mass is 16.5. The lowest BCUT2D eigenvalue weighted by Gasteiger charge is -2.32. The average molecular weight is 365 g/mol. The summed E-state index contributed by atoms with van der Waals surface area (Å²) in [6.45, 7) is 1.93. The molecular formula is C20H19N3O4. The van der Waals surface area contributed by atoms with Gasteiger partial charge in [-0.15, -0.1) is 0 Å². The first-order valence-electron chi connectivity index (χ1n) is 8.72. The van der Waals surface area contributed by atoms with E-state index in [-0.39, 0.29) is 6.61 Å². The first kappa shape index (κ1) is 17.1. The van der Waals surface area contributed by atoms with Gasteiger partial charge in [-0.05, 0) is 36.8 Å². The summed E-state index contributed by atoms with van der Waals surface area (Å²) in [5.74, 6) is -0.871. The normalized spacial score (nSPS) is 18.7. The van der Waals surface area contributed by atoms with E-state index >= 15 is 0 Å². The molecule has 2 heterocycles. The summed E-state index contributed by atoms with van der Waals surface area (Å²) in [5.41, 5.74) is 2.38. The highest BCUT2D eigenvalue weighted by molar-refractivity contribution is 6.07. The van der Waals surface area contributed by atoms with Crippen LogP contribution in [-0.4, -0.2) is 35.1 Å². The summed E-state index contributed by atoms with van der Waals surface area (Å²) in [7, 11) is 1.59. The molecule has 4 rings (SSSR count). The zero-order valence-corrected chi connectivity index (χ0v) is 15.0. The second-order valence-electron chi connectivity index (χ2n) is 6.23. The van der Waals surface area contributed by atoms with Crippen molar-refractivity contribution in [2.75, 3.05) is 19.0 Å². The van der Waals surface area contributed by atoms with Gasteiger partial charge in [-0.2, -0.15) is 0 Å². The Morgan fingerprint density at radius 3 is 2.63 bits per heavy atom. The van der Waals surface area contributed by atoms with Gasteiger partial charge in [0.2, 0.25) is 11.9 Å². The fraction of sp³-hybridized carbons (Fsp3) is 0.250. The van der Waals surface area contributed by atoms with Gasteiger partial charge in [0.05, 0.1) is 30.8 Å². The van der Waals surface area contributed by atoms with Gasteiger partial charge >= 0.3 is 5.97 Å². The number of amides is 1. The highest BCUT2D eigenvalue weighted by Gasteiger charge is 2.44. The summed E-state index contributed by atoms with van der Waals surface area (Å²) >= 11 is 0. The molecule has 1 amide bonds. The third-order valence-electron chi connectivity index (χ3n) is 4.71. The zero-order chi connectivity index (χ0) is 19.0. The number of imidazole rings is 1. The number of esters is 1. The molecule has 0 saturated heterocycles. The Bertz CT molecular complexity index is 1010. The number of ether oxygens (including phenoxy) is 2. The molecular weight excluding hydrogens is 346 g/mol. The van der Waals surface area contributed by atoms with Crippen LogP contribution in [0.1, 0.15) is 18.5 Å². The van der Waals surface area contributed by atoms with E-state index in [0.29, 0.717) is 11.7 Å². The van der Waals surface area contributed by atoms with Crippen LogP contribution in [0.25, 0.3) is 11.0 Å². The van der Waals surface area contributed by atoms with Crippen LogP contribution in [0.3, 0.4) is 0 Å². The number of para-hydroxylation sites is 2. The molecule has 2 atom stereocenters. The van der Waals surface area contributed by atoms with E-state index < -0.39 is 23.8 Å². The number of rotatable bonds is 4.